The van der Waals surface area contributed by atoms with Crippen molar-refractivity contribution in [1.29, 1.82) is 0 Å². The molecule has 14 heteroatoms. The van der Waals surface area contributed by atoms with Crippen LogP contribution in [0.15, 0.2) is 54.6 Å². The molecular weight excluding hydrogens is 595 g/mol. The third-order valence-corrected chi connectivity index (χ3v) is 5.61. The highest BCUT2D eigenvalue weighted by atomic mass is 19.2. The quantitative estimate of drug-likeness (QED) is 0.104. The molecule has 0 aliphatic carbocycles. The summed E-state index contributed by atoms with van der Waals surface area (Å²) >= 11 is 0. The van der Waals surface area contributed by atoms with E-state index in [2.05, 4.69) is 15.4 Å². The zero-order valence-electron chi connectivity index (χ0n) is 23.6. The third kappa shape index (κ3) is 9.24. The van der Waals surface area contributed by atoms with Gasteiger partial charge in [0.15, 0.2) is 0 Å². The lowest BCUT2D eigenvalue weighted by atomic mass is 10.1. The van der Waals surface area contributed by atoms with E-state index >= 15 is 0 Å². The van der Waals surface area contributed by atoms with Gasteiger partial charge in [-0.25, -0.2) is 22.8 Å². The Balaban J connectivity index is 1.69. The van der Waals surface area contributed by atoms with Crippen molar-refractivity contribution in [2.24, 2.45) is 0 Å². The van der Waals surface area contributed by atoms with Crippen molar-refractivity contribution in [1.82, 2.24) is 10.6 Å². The molecule has 3 rings (SSSR count). The number of esters is 2. The Labute approximate surface area is 248 Å². The molecule has 0 aliphatic rings. The number of halogens is 5. The van der Waals surface area contributed by atoms with E-state index in [0.29, 0.717) is 5.56 Å². The number of benzene rings is 3. The highest BCUT2D eigenvalue weighted by Gasteiger charge is 2.30. The summed E-state index contributed by atoms with van der Waals surface area (Å²) in [5.41, 5.74) is -0.340. The molecule has 3 aromatic carbocycles. The van der Waals surface area contributed by atoms with E-state index in [1.807, 2.05) is 0 Å². The van der Waals surface area contributed by atoms with Gasteiger partial charge in [-0.2, -0.15) is 8.78 Å². The average molecular weight is 623 g/mol. The number of alkyl carbamates (subject to hydrolysis) is 1. The molecule has 0 bridgehead atoms. The van der Waals surface area contributed by atoms with E-state index in [9.17, 15) is 41.1 Å². The topological polar surface area (TPSA) is 120 Å². The fourth-order valence-corrected chi connectivity index (χ4v) is 3.57. The van der Waals surface area contributed by atoms with Crippen molar-refractivity contribution < 1.29 is 55.3 Å². The van der Waals surface area contributed by atoms with Gasteiger partial charge in [0.1, 0.15) is 18.2 Å². The Bertz CT molecular complexity index is 1520. The SMILES string of the molecule is CC(C)(C)OC(=O)N[C@@H](CC(=O)OCc1ccccc1)C(=O)NCc1cccc(C(=O)Oc2c(F)c(F)c(F)c(F)c2F)c1. The maximum atomic E-state index is 13.9. The van der Waals surface area contributed by atoms with Gasteiger partial charge < -0.3 is 24.8 Å². The smallest absolute Gasteiger partial charge is 0.408 e. The summed E-state index contributed by atoms with van der Waals surface area (Å²) in [7, 11) is 0. The van der Waals surface area contributed by atoms with Crippen LogP contribution in [0.2, 0.25) is 0 Å². The number of hydrogen-bond donors (Lipinski definition) is 2. The van der Waals surface area contributed by atoms with Crippen LogP contribution in [0, 0.1) is 29.1 Å². The van der Waals surface area contributed by atoms with Crippen molar-refractivity contribution in [2.75, 3.05) is 0 Å². The van der Waals surface area contributed by atoms with Gasteiger partial charge in [0.05, 0.1) is 12.0 Å². The van der Waals surface area contributed by atoms with E-state index in [4.69, 9.17) is 9.47 Å². The molecule has 0 radical (unpaired) electrons. The first-order valence-electron chi connectivity index (χ1n) is 13.0. The van der Waals surface area contributed by atoms with Gasteiger partial charge in [0.2, 0.25) is 40.7 Å². The second-order valence-corrected chi connectivity index (χ2v) is 10.3. The second kappa shape index (κ2) is 14.4. The molecule has 0 aliphatic heterocycles. The van der Waals surface area contributed by atoms with Crippen LogP contribution < -0.4 is 15.4 Å². The minimum Gasteiger partial charge on any atom is -0.461 e. The Morgan fingerprint density at radius 2 is 1.39 bits per heavy atom. The highest BCUT2D eigenvalue weighted by Crippen LogP contribution is 2.29. The van der Waals surface area contributed by atoms with Crippen LogP contribution in [0.1, 0.15) is 48.7 Å². The minimum absolute atomic E-state index is 0.0751. The lowest BCUT2D eigenvalue weighted by molar-refractivity contribution is -0.147. The van der Waals surface area contributed by atoms with Crippen LogP contribution in [-0.2, 0) is 32.2 Å². The first kappa shape index (κ1) is 33.5. The number of rotatable bonds is 10. The number of hydrogen-bond acceptors (Lipinski definition) is 7. The summed E-state index contributed by atoms with van der Waals surface area (Å²) in [5.74, 6) is -16.5. The third-order valence-electron chi connectivity index (χ3n) is 5.61. The standard InChI is InChI=1S/C30H27F5N2O7/c1-30(2,3)44-29(41)37-19(13-20(38)42-15-16-8-5-4-6-9-16)27(39)36-14-17-10-7-11-18(12-17)28(40)43-26-24(34)22(32)21(31)23(33)25(26)35/h4-12,19H,13-15H2,1-3H3,(H,36,39)(H,37,41)/t19-/m0/s1. The second-order valence-electron chi connectivity index (χ2n) is 10.3. The van der Waals surface area contributed by atoms with Gasteiger partial charge in [-0.1, -0.05) is 42.5 Å². The number of carbonyl (C=O) groups is 4. The maximum absolute atomic E-state index is 13.9. The summed E-state index contributed by atoms with van der Waals surface area (Å²) < 4.78 is 82.9. The summed E-state index contributed by atoms with van der Waals surface area (Å²) in [6.07, 6.45) is -1.54. The molecule has 0 fully saturated rings. The predicted molar refractivity (Wildman–Crippen MR) is 143 cm³/mol. The fourth-order valence-electron chi connectivity index (χ4n) is 3.57. The summed E-state index contributed by atoms with van der Waals surface area (Å²) in [5, 5.41) is 4.78. The zero-order chi connectivity index (χ0) is 32.6. The van der Waals surface area contributed by atoms with Crippen LogP contribution >= 0.6 is 0 Å². The molecule has 44 heavy (non-hydrogen) atoms. The lowest BCUT2D eigenvalue weighted by Gasteiger charge is -2.23. The Hall–Kier alpha value is -5.01. The number of ether oxygens (including phenoxy) is 3. The molecule has 0 aromatic heterocycles. The summed E-state index contributed by atoms with van der Waals surface area (Å²) in [6, 6.07) is 12.3. The molecule has 2 N–H and O–H groups in total. The van der Waals surface area contributed by atoms with Crippen LogP contribution in [0.4, 0.5) is 26.7 Å². The number of amides is 2. The fraction of sp³-hybridized carbons (Fsp3) is 0.267. The van der Waals surface area contributed by atoms with E-state index in [0.717, 1.165) is 12.1 Å². The van der Waals surface area contributed by atoms with Gasteiger partial charge in [-0.15, -0.1) is 0 Å². The predicted octanol–water partition coefficient (Wildman–Crippen LogP) is 5.24. The van der Waals surface area contributed by atoms with Crippen LogP contribution in [0.5, 0.6) is 5.75 Å². The average Bonchev–Trinajstić information content (AvgIpc) is 2.98. The molecule has 9 nitrogen and oxygen atoms in total. The molecule has 234 valence electrons. The summed E-state index contributed by atoms with van der Waals surface area (Å²) in [4.78, 5) is 50.3. The largest absolute Gasteiger partial charge is 0.461 e. The molecule has 0 saturated carbocycles. The van der Waals surface area contributed by atoms with Crippen LogP contribution in [-0.4, -0.2) is 35.6 Å². The number of nitrogens with one attached hydrogen (secondary N) is 2. The van der Waals surface area contributed by atoms with Crippen molar-refractivity contribution >= 4 is 23.9 Å². The highest BCUT2D eigenvalue weighted by molar-refractivity contribution is 5.92. The van der Waals surface area contributed by atoms with Crippen molar-refractivity contribution in [3.05, 3.63) is 100 Å². The monoisotopic (exact) mass is 622 g/mol. The molecule has 0 saturated heterocycles. The molecule has 3 aromatic rings. The molecule has 0 unspecified atom stereocenters. The maximum Gasteiger partial charge on any atom is 0.408 e. The minimum atomic E-state index is -2.42. The Morgan fingerprint density at radius 1 is 0.795 bits per heavy atom. The lowest BCUT2D eigenvalue weighted by Crippen LogP contribution is -2.49. The molecule has 2 amide bonds. The molecule has 0 spiro atoms. The van der Waals surface area contributed by atoms with Gasteiger partial charge in [-0.05, 0) is 44.0 Å². The first-order valence-corrected chi connectivity index (χ1v) is 13.0. The van der Waals surface area contributed by atoms with Crippen LogP contribution in [0.25, 0.3) is 0 Å². The van der Waals surface area contributed by atoms with Gasteiger partial charge >= 0.3 is 18.0 Å². The zero-order valence-corrected chi connectivity index (χ0v) is 23.6. The van der Waals surface area contributed by atoms with E-state index in [1.165, 1.54) is 12.1 Å². The normalized spacial score (nSPS) is 11.7. The summed E-state index contributed by atoms with van der Waals surface area (Å²) in [6.45, 7) is 4.43. The van der Waals surface area contributed by atoms with Gasteiger partial charge in [-0.3, -0.25) is 9.59 Å². The first-order chi connectivity index (χ1) is 20.7. The molecular formula is C30H27F5N2O7. The Kier molecular flexibility index (Phi) is 11.0. The van der Waals surface area contributed by atoms with Gasteiger partial charge in [0.25, 0.3) is 0 Å². The van der Waals surface area contributed by atoms with Gasteiger partial charge in [0, 0.05) is 6.54 Å². The van der Waals surface area contributed by atoms with Crippen molar-refractivity contribution in [3.63, 3.8) is 0 Å². The Morgan fingerprint density at radius 3 is 2.00 bits per heavy atom. The number of carbonyl (C=O) groups excluding carboxylic acids is 4. The van der Waals surface area contributed by atoms with E-state index < -0.39 is 76.8 Å². The van der Waals surface area contributed by atoms with Crippen molar-refractivity contribution in [2.45, 2.75) is 52.0 Å². The molecule has 1 atom stereocenters. The van der Waals surface area contributed by atoms with Crippen LogP contribution in [0.3, 0.4) is 0 Å². The van der Waals surface area contributed by atoms with E-state index in [1.54, 1.807) is 51.1 Å². The molecule has 0 heterocycles. The van der Waals surface area contributed by atoms with E-state index in [-0.39, 0.29) is 24.3 Å². The van der Waals surface area contributed by atoms with Crippen molar-refractivity contribution in [3.8, 4) is 5.75 Å².